The van der Waals surface area contributed by atoms with E-state index in [0.717, 1.165) is 42.2 Å². The Balaban J connectivity index is 1.47. The van der Waals surface area contributed by atoms with Crippen LogP contribution in [-0.4, -0.2) is 28.8 Å². The smallest absolute Gasteiger partial charge is 0.223 e. The Hall–Kier alpha value is -1.99. The lowest BCUT2D eigenvalue weighted by atomic mass is 9.83. The van der Waals surface area contributed by atoms with Gasteiger partial charge in [0.15, 0.2) is 0 Å². The van der Waals surface area contributed by atoms with Crippen LogP contribution in [0.25, 0.3) is 0 Å². The van der Waals surface area contributed by atoms with Gasteiger partial charge in [-0.3, -0.25) is 0 Å². The summed E-state index contributed by atoms with van der Waals surface area (Å²) in [5.74, 6) is 1.23. The first-order valence-corrected chi connectivity index (χ1v) is 12.2. The van der Waals surface area contributed by atoms with Crippen molar-refractivity contribution in [3.63, 3.8) is 0 Å². The molecular weight excluding hydrogens is 449 g/mol. The largest absolute Gasteiger partial charge is 0.350 e. The minimum atomic E-state index is 0.0435. The molecule has 1 fully saturated rings. The molecule has 5 rings (SSSR count). The summed E-state index contributed by atoms with van der Waals surface area (Å²) in [6.07, 6.45) is 5.17. The molecule has 1 unspecified atom stereocenters. The van der Waals surface area contributed by atoms with Gasteiger partial charge in [-0.25, -0.2) is 15.0 Å². The molecule has 2 aromatic heterocycles. The van der Waals surface area contributed by atoms with Crippen molar-refractivity contribution in [1.82, 2.24) is 15.3 Å². The number of hydrogen-bond acceptors (Lipinski definition) is 6. The van der Waals surface area contributed by atoms with Gasteiger partial charge in [-0.2, -0.15) is 11.3 Å². The summed E-state index contributed by atoms with van der Waals surface area (Å²) in [7, 11) is 0. The van der Waals surface area contributed by atoms with Crippen LogP contribution >= 0.6 is 34.5 Å². The number of fused-ring (bicyclic) bond motifs is 1. The van der Waals surface area contributed by atoms with Crippen LogP contribution in [0.4, 0.5) is 11.6 Å². The highest BCUT2D eigenvalue weighted by Gasteiger charge is 2.34. The van der Waals surface area contributed by atoms with Crippen LogP contribution in [0.5, 0.6) is 0 Å². The Morgan fingerprint density at radius 2 is 2.06 bits per heavy atom. The zero-order valence-corrected chi connectivity index (χ0v) is 19.3. The van der Waals surface area contributed by atoms with Gasteiger partial charge in [-0.1, -0.05) is 29.3 Å². The highest BCUT2D eigenvalue weighted by Crippen LogP contribution is 2.43. The summed E-state index contributed by atoms with van der Waals surface area (Å²) in [5, 5.41) is 12.3. The van der Waals surface area contributed by atoms with Gasteiger partial charge in [-0.15, -0.1) is 0 Å². The van der Waals surface area contributed by atoms with Crippen molar-refractivity contribution in [2.45, 2.75) is 31.7 Å². The van der Waals surface area contributed by atoms with E-state index in [2.05, 4.69) is 32.4 Å². The summed E-state index contributed by atoms with van der Waals surface area (Å²) < 4.78 is 0. The molecule has 0 bridgehead atoms. The Labute approximate surface area is 195 Å². The van der Waals surface area contributed by atoms with Crippen molar-refractivity contribution >= 4 is 51.9 Å². The van der Waals surface area contributed by atoms with Gasteiger partial charge in [-0.05, 0) is 72.8 Å². The molecule has 2 aliphatic heterocycles. The maximum atomic E-state index is 6.57. The molecule has 0 aliphatic carbocycles. The number of rotatable bonds is 6. The van der Waals surface area contributed by atoms with E-state index in [1.807, 2.05) is 24.4 Å². The minimum Gasteiger partial charge on any atom is -0.350 e. The van der Waals surface area contributed by atoms with Gasteiger partial charge in [0, 0.05) is 18.0 Å². The second-order valence-electron chi connectivity index (χ2n) is 8.04. The molecule has 1 aromatic carbocycles. The van der Waals surface area contributed by atoms with Crippen molar-refractivity contribution < 1.29 is 0 Å². The summed E-state index contributed by atoms with van der Waals surface area (Å²) in [6.45, 7) is 2.81. The minimum absolute atomic E-state index is 0.0435. The van der Waals surface area contributed by atoms with Gasteiger partial charge in [0.2, 0.25) is 5.95 Å². The quantitative estimate of drug-likeness (QED) is 0.458. The highest BCUT2D eigenvalue weighted by atomic mass is 35.5. The van der Waals surface area contributed by atoms with E-state index < -0.39 is 0 Å². The molecular formula is C23H23Cl2N5S. The van der Waals surface area contributed by atoms with Crippen molar-refractivity contribution in [2.75, 3.05) is 18.4 Å². The molecule has 0 radical (unpaired) electrons. The molecule has 4 heterocycles. The zero-order valence-electron chi connectivity index (χ0n) is 16.9. The van der Waals surface area contributed by atoms with Crippen LogP contribution in [-0.2, 0) is 6.54 Å². The number of benzene rings is 1. The molecule has 1 saturated heterocycles. The summed E-state index contributed by atoms with van der Waals surface area (Å²) in [5.41, 5.74) is 4.70. The summed E-state index contributed by atoms with van der Waals surface area (Å²) in [4.78, 5) is 14.3. The molecule has 5 nitrogen and oxygen atoms in total. The molecule has 3 aromatic rings. The van der Waals surface area contributed by atoms with Gasteiger partial charge >= 0.3 is 0 Å². The average Bonchev–Trinajstić information content (AvgIpc) is 3.41. The lowest BCUT2D eigenvalue weighted by Crippen LogP contribution is -2.31. The third-order valence-electron chi connectivity index (χ3n) is 5.92. The molecule has 160 valence electrons. The monoisotopic (exact) mass is 471 g/mol. The first-order chi connectivity index (χ1) is 15.2. The first-order valence-electron chi connectivity index (χ1n) is 10.5. The van der Waals surface area contributed by atoms with Crippen molar-refractivity contribution in [1.29, 1.82) is 0 Å². The molecule has 0 amide bonds. The summed E-state index contributed by atoms with van der Waals surface area (Å²) in [6, 6.07) is 7.70. The van der Waals surface area contributed by atoms with Crippen LogP contribution in [0, 0.1) is 5.92 Å². The molecule has 2 aliphatic rings. The highest BCUT2D eigenvalue weighted by molar-refractivity contribution is 7.07. The Bertz CT molecular complexity index is 1070. The van der Waals surface area contributed by atoms with Crippen LogP contribution in [0.15, 0.2) is 46.2 Å². The second kappa shape index (κ2) is 9.25. The molecule has 31 heavy (non-hydrogen) atoms. The number of thiophene rings is 1. The van der Waals surface area contributed by atoms with E-state index in [1.165, 1.54) is 18.4 Å². The van der Waals surface area contributed by atoms with E-state index in [0.29, 0.717) is 28.5 Å². The molecule has 2 atom stereocenters. The Kier molecular flexibility index (Phi) is 6.23. The van der Waals surface area contributed by atoms with E-state index in [4.69, 9.17) is 33.2 Å². The normalized spacial score (nSPS) is 20.4. The lowest BCUT2D eigenvalue weighted by Gasteiger charge is -2.26. The Morgan fingerprint density at radius 1 is 1.19 bits per heavy atom. The van der Waals surface area contributed by atoms with E-state index in [-0.39, 0.29) is 5.92 Å². The second-order valence-corrected chi connectivity index (χ2v) is 9.64. The first kappa shape index (κ1) is 20.9. The SMILES string of the molecule is Clc1cccc(Cl)c1C1=Nc2cnc(NCc3ccsc3)nc2C1C[C@@H]1CCCNC1. The van der Waals surface area contributed by atoms with E-state index in [1.54, 1.807) is 11.3 Å². The number of hydrogen-bond donors (Lipinski definition) is 2. The maximum Gasteiger partial charge on any atom is 0.223 e. The van der Waals surface area contributed by atoms with Crippen LogP contribution < -0.4 is 10.6 Å². The van der Waals surface area contributed by atoms with Crippen LogP contribution in [0.2, 0.25) is 10.0 Å². The topological polar surface area (TPSA) is 62.2 Å². The fourth-order valence-corrected chi connectivity index (χ4v) is 5.64. The number of nitrogens with zero attached hydrogens (tertiary/aromatic N) is 3. The third kappa shape index (κ3) is 4.48. The van der Waals surface area contributed by atoms with Crippen molar-refractivity contribution in [2.24, 2.45) is 10.9 Å². The number of piperidine rings is 1. The number of anilines is 1. The predicted molar refractivity (Wildman–Crippen MR) is 129 cm³/mol. The third-order valence-corrected chi connectivity index (χ3v) is 7.28. The summed E-state index contributed by atoms with van der Waals surface area (Å²) >= 11 is 14.8. The van der Waals surface area contributed by atoms with Crippen LogP contribution in [0.3, 0.4) is 0 Å². The standard InChI is InChI=1S/C23H23Cl2N5S/c24-17-4-1-5-18(25)20(17)22-16(9-14-3-2-7-26-10-14)21-19(29-22)12-28-23(30-21)27-11-15-6-8-31-13-15/h1,4-6,8,12-14,16,26H,2-3,7,9-11H2,(H,27,28,30)/t14-,16?/m0/s1. The fraction of sp³-hybridized carbons (Fsp3) is 0.348. The van der Waals surface area contributed by atoms with Crippen LogP contribution in [0.1, 0.15) is 42.0 Å². The average molecular weight is 472 g/mol. The number of nitrogens with one attached hydrogen (secondary N) is 2. The number of aliphatic imine (C=N–C) groups is 1. The number of aromatic nitrogens is 2. The number of halogens is 2. The fourth-order valence-electron chi connectivity index (χ4n) is 4.38. The van der Waals surface area contributed by atoms with Gasteiger partial charge < -0.3 is 10.6 Å². The lowest BCUT2D eigenvalue weighted by molar-refractivity contribution is 0.352. The molecule has 2 N–H and O–H groups in total. The predicted octanol–water partition coefficient (Wildman–Crippen LogP) is 6.06. The Morgan fingerprint density at radius 3 is 2.81 bits per heavy atom. The molecule has 0 spiro atoms. The van der Waals surface area contributed by atoms with E-state index in [9.17, 15) is 0 Å². The van der Waals surface area contributed by atoms with Gasteiger partial charge in [0.1, 0.15) is 5.69 Å². The maximum absolute atomic E-state index is 6.57. The zero-order chi connectivity index (χ0) is 21.2. The van der Waals surface area contributed by atoms with Gasteiger partial charge in [0.25, 0.3) is 0 Å². The van der Waals surface area contributed by atoms with Crippen molar-refractivity contribution in [3.8, 4) is 0 Å². The van der Waals surface area contributed by atoms with E-state index >= 15 is 0 Å². The van der Waals surface area contributed by atoms with Crippen molar-refractivity contribution in [3.05, 3.63) is 68.1 Å². The van der Waals surface area contributed by atoms with Gasteiger partial charge in [0.05, 0.1) is 27.6 Å². The molecule has 0 saturated carbocycles. The molecule has 8 heteroatoms.